The number of hydrogen-bond donors (Lipinski definition) is 2. The van der Waals surface area contributed by atoms with Gasteiger partial charge in [-0.15, -0.1) is 0 Å². The molecule has 0 aromatic carbocycles. The lowest BCUT2D eigenvalue weighted by atomic mass is 9.85. The second-order valence-corrected chi connectivity index (χ2v) is 6.15. The first-order valence-electron chi connectivity index (χ1n) is 7.91. The maximum Gasteiger partial charge on any atom is 0.317 e. The van der Waals surface area contributed by atoms with E-state index < -0.39 is 0 Å². The van der Waals surface area contributed by atoms with Crippen molar-refractivity contribution in [2.24, 2.45) is 0 Å². The van der Waals surface area contributed by atoms with Gasteiger partial charge in [0, 0.05) is 32.9 Å². The number of amides is 2. The number of aliphatic hydroxyl groups is 1. The van der Waals surface area contributed by atoms with Gasteiger partial charge in [0.1, 0.15) is 0 Å². The van der Waals surface area contributed by atoms with E-state index in [9.17, 15) is 9.90 Å². The van der Waals surface area contributed by atoms with E-state index >= 15 is 0 Å². The Balaban J connectivity index is 1.95. The van der Waals surface area contributed by atoms with Gasteiger partial charge in [-0.05, 0) is 32.1 Å². The third-order valence-corrected chi connectivity index (χ3v) is 4.95. The van der Waals surface area contributed by atoms with Crippen molar-refractivity contribution in [3.63, 3.8) is 0 Å². The van der Waals surface area contributed by atoms with Crippen molar-refractivity contribution >= 4 is 6.03 Å². The zero-order valence-corrected chi connectivity index (χ0v) is 12.6. The molecule has 5 nitrogen and oxygen atoms in total. The predicted molar refractivity (Wildman–Crippen MR) is 77.7 cm³/mol. The minimum atomic E-state index is -0.244. The van der Waals surface area contributed by atoms with Gasteiger partial charge in [-0.25, -0.2) is 4.79 Å². The van der Waals surface area contributed by atoms with Crippen LogP contribution in [0.25, 0.3) is 0 Å². The Bertz CT molecular complexity index is 305. The Kier molecular flexibility index (Phi) is 5.66. The minimum absolute atomic E-state index is 0.00671. The first-order valence-corrected chi connectivity index (χ1v) is 7.91. The van der Waals surface area contributed by atoms with Gasteiger partial charge in [0.2, 0.25) is 0 Å². The lowest BCUT2D eigenvalue weighted by Crippen LogP contribution is -2.57. The number of nitrogens with zero attached hydrogens (tertiary/aromatic N) is 1. The van der Waals surface area contributed by atoms with E-state index in [0.29, 0.717) is 25.7 Å². The molecule has 0 unspecified atom stereocenters. The average molecular weight is 284 g/mol. The molecule has 0 radical (unpaired) electrons. The van der Waals surface area contributed by atoms with Crippen molar-refractivity contribution in [2.75, 3.05) is 26.9 Å². The van der Waals surface area contributed by atoms with Crippen LogP contribution in [-0.2, 0) is 4.74 Å². The quantitative estimate of drug-likeness (QED) is 0.829. The van der Waals surface area contributed by atoms with Crippen LogP contribution in [0.2, 0.25) is 0 Å². The van der Waals surface area contributed by atoms with E-state index in [1.54, 1.807) is 0 Å². The fourth-order valence-corrected chi connectivity index (χ4v) is 3.45. The molecule has 2 aliphatic rings. The second-order valence-electron chi connectivity index (χ2n) is 6.15. The zero-order valence-electron chi connectivity index (χ0n) is 12.6. The summed E-state index contributed by atoms with van der Waals surface area (Å²) in [4.78, 5) is 14.3. The summed E-state index contributed by atoms with van der Waals surface area (Å²) in [6.45, 7) is 1.45. The fourth-order valence-electron chi connectivity index (χ4n) is 3.45. The van der Waals surface area contributed by atoms with E-state index in [2.05, 4.69) is 5.32 Å². The molecule has 0 aromatic heterocycles. The molecule has 1 heterocycles. The highest BCUT2D eigenvalue weighted by Crippen LogP contribution is 2.30. The Labute approximate surface area is 121 Å². The van der Waals surface area contributed by atoms with Crippen molar-refractivity contribution in [1.82, 2.24) is 10.2 Å². The number of carbonyl (C=O) groups excluding carboxylic acids is 1. The standard InChI is InChI=1S/C15H28N2O3/c1-17(14(19)16-13-5-3-2-4-6-13)15(7-10-18)8-11-20-12-9-15/h13,18H,2-12H2,1H3,(H,16,19). The van der Waals surface area contributed by atoms with Crippen LogP contribution in [0, 0.1) is 0 Å². The van der Waals surface area contributed by atoms with Crippen molar-refractivity contribution in [3.05, 3.63) is 0 Å². The van der Waals surface area contributed by atoms with Crippen LogP contribution in [0.15, 0.2) is 0 Å². The van der Waals surface area contributed by atoms with Gasteiger partial charge < -0.3 is 20.1 Å². The Morgan fingerprint density at radius 2 is 1.95 bits per heavy atom. The molecule has 116 valence electrons. The summed E-state index contributed by atoms with van der Waals surface area (Å²) in [5, 5.41) is 12.5. The predicted octanol–water partition coefficient (Wildman–Crippen LogP) is 1.89. The van der Waals surface area contributed by atoms with Crippen molar-refractivity contribution < 1.29 is 14.6 Å². The molecule has 1 saturated carbocycles. The molecule has 0 aromatic rings. The highest BCUT2D eigenvalue weighted by Gasteiger charge is 2.39. The summed E-state index contributed by atoms with van der Waals surface area (Å²) in [6, 6.07) is 0.331. The molecular formula is C15H28N2O3. The molecule has 0 spiro atoms. The number of urea groups is 1. The van der Waals surface area contributed by atoms with Crippen LogP contribution in [0.3, 0.4) is 0 Å². The van der Waals surface area contributed by atoms with Crippen molar-refractivity contribution in [1.29, 1.82) is 0 Å². The third kappa shape index (κ3) is 3.64. The van der Waals surface area contributed by atoms with Crippen LogP contribution < -0.4 is 5.32 Å². The van der Waals surface area contributed by atoms with Gasteiger partial charge in [-0.2, -0.15) is 0 Å². The fraction of sp³-hybridized carbons (Fsp3) is 0.933. The summed E-state index contributed by atoms with van der Waals surface area (Å²) in [5.74, 6) is 0. The maximum absolute atomic E-state index is 12.5. The van der Waals surface area contributed by atoms with Gasteiger partial charge in [0.25, 0.3) is 0 Å². The lowest BCUT2D eigenvalue weighted by molar-refractivity contribution is -0.0135. The number of hydrogen-bond acceptors (Lipinski definition) is 3. The zero-order chi connectivity index (χ0) is 14.4. The molecule has 0 bridgehead atoms. The van der Waals surface area contributed by atoms with Gasteiger partial charge in [0.05, 0.1) is 5.54 Å². The summed E-state index contributed by atoms with van der Waals surface area (Å²) >= 11 is 0. The van der Waals surface area contributed by atoms with Crippen molar-refractivity contribution in [3.8, 4) is 0 Å². The lowest BCUT2D eigenvalue weighted by Gasteiger charge is -2.44. The van der Waals surface area contributed by atoms with Crippen LogP contribution >= 0.6 is 0 Å². The van der Waals surface area contributed by atoms with Gasteiger partial charge in [-0.1, -0.05) is 19.3 Å². The van der Waals surface area contributed by atoms with E-state index in [1.165, 1.54) is 19.3 Å². The Morgan fingerprint density at radius 1 is 1.30 bits per heavy atom. The van der Waals surface area contributed by atoms with E-state index in [1.807, 2.05) is 11.9 Å². The van der Waals surface area contributed by atoms with Gasteiger partial charge in [0.15, 0.2) is 0 Å². The van der Waals surface area contributed by atoms with Crippen LogP contribution in [0.4, 0.5) is 4.79 Å². The van der Waals surface area contributed by atoms with E-state index in [-0.39, 0.29) is 18.2 Å². The highest BCUT2D eigenvalue weighted by molar-refractivity contribution is 5.75. The SMILES string of the molecule is CN(C(=O)NC1CCCCC1)C1(CCO)CCOCC1. The molecule has 2 amide bonds. The first-order chi connectivity index (χ1) is 9.68. The van der Waals surface area contributed by atoms with Crippen molar-refractivity contribution in [2.45, 2.75) is 62.9 Å². The normalized spacial score (nSPS) is 23.3. The molecule has 1 aliphatic heterocycles. The van der Waals surface area contributed by atoms with Crippen LogP contribution in [0.1, 0.15) is 51.4 Å². The smallest absolute Gasteiger partial charge is 0.317 e. The molecule has 1 aliphatic carbocycles. The second kappa shape index (κ2) is 7.27. The Hall–Kier alpha value is -0.810. The molecule has 20 heavy (non-hydrogen) atoms. The van der Waals surface area contributed by atoms with E-state index in [4.69, 9.17) is 4.74 Å². The largest absolute Gasteiger partial charge is 0.396 e. The molecular weight excluding hydrogens is 256 g/mol. The van der Waals surface area contributed by atoms with Crippen LogP contribution in [-0.4, -0.2) is 54.5 Å². The average Bonchev–Trinajstić information content (AvgIpc) is 2.48. The topological polar surface area (TPSA) is 61.8 Å². The third-order valence-electron chi connectivity index (χ3n) is 4.95. The molecule has 2 N–H and O–H groups in total. The van der Waals surface area contributed by atoms with Gasteiger partial charge in [-0.3, -0.25) is 0 Å². The summed E-state index contributed by atoms with van der Waals surface area (Å²) in [5.41, 5.74) is -0.244. The maximum atomic E-state index is 12.5. The monoisotopic (exact) mass is 284 g/mol. The number of aliphatic hydroxyl groups excluding tert-OH is 1. The number of rotatable bonds is 4. The van der Waals surface area contributed by atoms with Crippen LogP contribution in [0.5, 0.6) is 0 Å². The molecule has 0 atom stereocenters. The molecule has 2 fully saturated rings. The number of nitrogens with one attached hydrogen (secondary N) is 1. The molecule has 1 saturated heterocycles. The summed E-state index contributed by atoms with van der Waals surface area (Å²) in [7, 11) is 1.86. The minimum Gasteiger partial charge on any atom is -0.396 e. The van der Waals surface area contributed by atoms with Gasteiger partial charge >= 0.3 is 6.03 Å². The van der Waals surface area contributed by atoms with E-state index in [0.717, 1.165) is 25.7 Å². The molecule has 5 heteroatoms. The summed E-state index contributed by atoms with van der Waals surface area (Å²) in [6.07, 6.45) is 8.14. The summed E-state index contributed by atoms with van der Waals surface area (Å²) < 4.78 is 5.41. The molecule has 2 rings (SSSR count). The highest BCUT2D eigenvalue weighted by atomic mass is 16.5. The first kappa shape index (κ1) is 15.6. The number of ether oxygens (including phenoxy) is 1. The number of carbonyl (C=O) groups is 1. The Morgan fingerprint density at radius 3 is 2.55 bits per heavy atom.